The first-order valence-electron chi connectivity index (χ1n) is 7.18. The van der Waals surface area contributed by atoms with Crippen molar-refractivity contribution in [3.05, 3.63) is 50.2 Å². The van der Waals surface area contributed by atoms with E-state index < -0.39 is 6.10 Å². The van der Waals surface area contributed by atoms with Gasteiger partial charge in [0.25, 0.3) is 0 Å². The van der Waals surface area contributed by atoms with Crippen LogP contribution in [0.2, 0.25) is 5.02 Å². The van der Waals surface area contributed by atoms with Gasteiger partial charge in [0.05, 0.1) is 18.3 Å². The normalized spacial score (nSPS) is 12.7. The average Bonchev–Trinajstić information content (AvgIpc) is 2.79. The fourth-order valence-corrected chi connectivity index (χ4v) is 3.36. The summed E-state index contributed by atoms with van der Waals surface area (Å²) in [5.74, 6) is 0. The number of hydrogen-bond acceptors (Lipinski definition) is 2. The van der Waals surface area contributed by atoms with Gasteiger partial charge in [-0.1, -0.05) is 47.4 Å². The van der Waals surface area contributed by atoms with Crippen LogP contribution < -0.4 is 0 Å². The summed E-state index contributed by atoms with van der Waals surface area (Å²) in [5.41, 5.74) is 4.04. The smallest absolute Gasteiger partial charge is 0.0798 e. The van der Waals surface area contributed by atoms with Crippen molar-refractivity contribution in [2.24, 2.45) is 0 Å². The van der Waals surface area contributed by atoms with Crippen LogP contribution >= 0.6 is 27.5 Å². The predicted octanol–water partition coefficient (Wildman–Crippen LogP) is 4.53. The van der Waals surface area contributed by atoms with E-state index in [0.29, 0.717) is 6.54 Å². The average molecular weight is 372 g/mol. The molecule has 0 aliphatic carbocycles. The predicted molar refractivity (Wildman–Crippen MR) is 89.9 cm³/mol. The molecule has 2 rings (SSSR count). The van der Waals surface area contributed by atoms with Gasteiger partial charge in [0, 0.05) is 20.8 Å². The van der Waals surface area contributed by atoms with Crippen molar-refractivity contribution in [3.63, 3.8) is 0 Å². The number of rotatable bonds is 5. The van der Waals surface area contributed by atoms with E-state index in [9.17, 15) is 5.11 Å². The van der Waals surface area contributed by atoms with Crippen LogP contribution in [-0.4, -0.2) is 14.9 Å². The van der Waals surface area contributed by atoms with Crippen molar-refractivity contribution in [2.75, 3.05) is 0 Å². The summed E-state index contributed by atoms with van der Waals surface area (Å²) in [6.45, 7) is 6.56. The topological polar surface area (TPSA) is 38.0 Å². The molecule has 0 radical (unpaired) electrons. The van der Waals surface area contributed by atoms with E-state index in [-0.39, 0.29) is 0 Å². The molecule has 5 heteroatoms. The first-order valence-corrected chi connectivity index (χ1v) is 8.35. The van der Waals surface area contributed by atoms with Gasteiger partial charge < -0.3 is 5.11 Å². The first kappa shape index (κ1) is 16.5. The first-order chi connectivity index (χ1) is 9.97. The van der Waals surface area contributed by atoms with Crippen LogP contribution in [0.25, 0.3) is 0 Å². The highest BCUT2D eigenvalue weighted by molar-refractivity contribution is 9.10. The standard InChI is InChI=1S/C16H20BrClN2O/c1-4-14-16(10(3)21)15(5-2)20(19-14)9-11-6-7-12(17)8-13(11)18/h6-8,10,21H,4-5,9H2,1-3H3. The lowest BCUT2D eigenvalue weighted by molar-refractivity contribution is 0.197. The summed E-state index contributed by atoms with van der Waals surface area (Å²) in [7, 11) is 0. The van der Waals surface area contributed by atoms with E-state index >= 15 is 0 Å². The maximum Gasteiger partial charge on any atom is 0.0798 e. The molecule has 0 fully saturated rings. The van der Waals surface area contributed by atoms with Gasteiger partial charge in [-0.15, -0.1) is 0 Å². The molecular formula is C16H20BrClN2O. The largest absolute Gasteiger partial charge is 0.389 e. The minimum atomic E-state index is -0.496. The number of hydrogen-bond donors (Lipinski definition) is 1. The van der Waals surface area contributed by atoms with Gasteiger partial charge in [-0.2, -0.15) is 5.10 Å². The third-order valence-corrected chi connectivity index (χ3v) is 4.44. The van der Waals surface area contributed by atoms with Crippen molar-refractivity contribution in [1.29, 1.82) is 0 Å². The van der Waals surface area contributed by atoms with E-state index in [2.05, 4.69) is 34.9 Å². The Hall–Kier alpha value is -0.840. The van der Waals surface area contributed by atoms with Gasteiger partial charge in [0.15, 0.2) is 0 Å². The number of aliphatic hydroxyl groups excluding tert-OH is 1. The van der Waals surface area contributed by atoms with E-state index in [1.165, 1.54) is 0 Å². The number of benzene rings is 1. The van der Waals surface area contributed by atoms with Crippen LogP contribution in [0.15, 0.2) is 22.7 Å². The van der Waals surface area contributed by atoms with Gasteiger partial charge >= 0.3 is 0 Å². The molecule has 1 aromatic heterocycles. The maximum absolute atomic E-state index is 10.0. The van der Waals surface area contributed by atoms with Crippen LogP contribution in [0.1, 0.15) is 49.4 Å². The Morgan fingerprint density at radius 2 is 2.05 bits per heavy atom. The quantitative estimate of drug-likeness (QED) is 0.839. The van der Waals surface area contributed by atoms with E-state index in [4.69, 9.17) is 11.6 Å². The second-order valence-corrected chi connectivity index (χ2v) is 6.41. The molecule has 0 saturated carbocycles. The second-order valence-electron chi connectivity index (χ2n) is 5.08. The molecule has 1 heterocycles. The number of halogens is 2. The van der Waals surface area contributed by atoms with Gasteiger partial charge in [-0.05, 0) is 37.5 Å². The van der Waals surface area contributed by atoms with Gasteiger partial charge in [-0.25, -0.2) is 0 Å². The fourth-order valence-electron chi connectivity index (χ4n) is 2.62. The van der Waals surface area contributed by atoms with Crippen LogP contribution in [0, 0.1) is 0 Å². The third-order valence-electron chi connectivity index (χ3n) is 3.60. The molecule has 2 aromatic rings. The zero-order valence-electron chi connectivity index (χ0n) is 12.5. The van der Waals surface area contributed by atoms with Crippen LogP contribution in [0.3, 0.4) is 0 Å². The Morgan fingerprint density at radius 1 is 1.33 bits per heavy atom. The van der Waals surface area contributed by atoms with E-state index in [0.717, 1.165) is 44.9 Å². The Labute approximate surface area is 139 Å². The number of aromatic nitrogens is 2. The van der Waals surface area contributed by atoms with Crippen molar-refractivity contribution >= 4 is 27.5 Å². The van der Waals surface area contributed by atoms with E-state index in [1.807, 2.05) is 22.9 Å². The molecule has 0 aliphatic rings. The monoisotopic (exact) mass is 370 g/mol. The Kier molecular flexibility index (Phi) is 5.47. The SMILES string of the molecule is CCc1nn(Cc2ccc(Br)cc2Cl)c(CC)c1C(C)O. The third kappa shape index (κ3) is 3.50. The van der Waals surface area contributed by atoms with Gasteiger partial charge in [-0.3, -0.25) is 4.68 Å². The lowest BCUT2D eigenvalue weighted by Gasteiger charge is -2.11. The highest BCUT2D eigenvalue weighted by atomic mass is 79.9. The summed E-state index contributed by atoms with van der Waals surface area (Å²) >= 11 is 9.71. The van der Waals surface area contributed by atoms with Crippen LogP contribution in [0.4, 0.5) is 0 Å². The molecule has 1 unspecified atom stereocenters. The minimum absolute atomic E-state index is 0.496. The molecule has 0 bridgehead atoms. The summed E-state index contributed by atoms with van der Waals surface area (Å²) in [4.78, 5) is 0. The molecular weight excluding hydrogens is 352 g/mol. The number of aryl methyl sites for hydroxylation is 1. The number of nitrogens with zero attached hydrogens (tertiary/aromatic N) is 2. The van der Waals surface area contributed by atoms with Crippen molar-refractivity contribution in [1.82, 2.24) is 9.78 Å². The molecule has 1 N–H and O–H groups in total. The maximum atomic E-state index is 10.0. The van der Waals surface area contributed by atoms with Gasteiger partial charge in [0.2, 0.25) is 0 Å². The molecule has 1 atom stereocenters. The Morgan fingerprint density at radius 3 is 2.57 bits per heavy atom. The molecule has 114 valence electrons. The summed E-state index contributed by atoms with van der Waals surface area (Å²) in [5, 5.41) is 15.4. The Bertz CT molecular complexity index is 637. The highest BCUT2D eigenvalue weighted by Crippen LogP contribution is 2.26. The lowest BCUT2D eigenvalue weighted by Crippen LogP contribution is -2.08. The fraction of sp³-hybridized carbons (Fsp3) is 0.438. The summed E-state index contributed by atoms with van der Waals surface area (Å²) < 4.78 is 2.93. The molecule has 0 saturated heterocycles. The molecule has 3 nitrogen and oxygen atoms in total. The molecule has 0 amide bonds. The van der Waals surface area contributed by atoms with Crippen molar-refractivity contribution < 1.29 is 5.11 Å². The minimum Gasteiger partial charge on any atom is -0.389 e. The zero-order chi connectivity index (χ0) is 15.6. The zero-order valence-corrected chi connectivity index (χ0v) is 14.9. The van der Waals surface area contributed by atoms with Gasteiger partial charge in [0.1, 0.15) is 0 Å². The van der Waals surface area contributed by atoms with Crippen LogP contribution in [-0.2, 0) is 19.4 Å². The lowest BCUT2D eigenvalue weighted by atomic mass is 10.0. The Balaban J connectivity index is 2.44. The number of aliphatic hydroxyl groups is 1. The summed E-state index contributed by atoms with van der Waals surface area (Å²) in [6, 6.07) is 5.87. The molecule has 0 aliphatic heterocycles. The highest BCUT2D eigenvalue weighted by Gasteiger charge is 2.19. The van der Waals surface area contributed by atoms with E-state index in [1.54, 1.807) is 6.92 Å². The van der Waals surface area contributed by atoms with Crippen molar-refractivity contribution in [3.8, 4) is 0 Å². The van der Waals surface area contributed by atoms with Crippen molar-refractivity contribution in [2.45, 2.75) is 46.3 Å². The summed E-state index contributed by atoms with van der Waals surface area (Å²) in [6.07, 6.45) is 1.15. The second kappa shape index (κ2) is 6.95. The molecule has 0 spiro atoms. The molecule has 21 heavy (non-hydrogen) atoms. The van der Waals surface area contributed by atoms with Crippen LogP contribution in [0.5, 0.6) is 0 Å². The molecule has 1 aromatic carbocycles.